The molecule has 1 aliphatic rings. The Balaban J connectivity index is 1.83. The normalized spacial score (nSPS) is 27.2. The van der Waals surface area contributed by atoms with Crippen LogP contribution in [0.2, 0.25) is 0 Å². The lowest BCUT2D eigenvalue weighted by atomic mass is 9.80. The number of thiazole rings is 1. The molecular formula is C14H21ClN2OS. The number of hydrogen-bond donors (Lipinski definition) is 1. The summed E-state index contributed by atoms with van der Waals surface area (Å²) in [6, 6.07) is 0.332. The molecule has 106 valence electrons. The zero-order valence-electron chi connectivity index (χ0n) is 11.5. The second kappa shape index (κ2) is 6.71. The van der Waals surface area contributed by atoms with Crippen molar-refractivity contribution in [2.75, 3.05) is 0 Å². The third-order valence-corrected chi connectivity index (χ3v) is 4.76. The van der Waals surface area contributed by atoms with E-state index in [1.165, 1.54) is 17.8 Å². The molecule has 2 rings (SSSR count). The summed E-state index contributed by atoms with van der Waals surface area (Å²) in [6.45, 7) is 4.53. The highest BCUT2D eigenvalue weighted by Gasteiger charge is 2.25. The number of halogens is 1. The molecule has 19 heavy (non-hydrogen) atoms. The van der Waals surface area contributed by atoms with Crippen LogP contribution in [-0.4, -0.2) is 16.9 Å². The number of alkyl halides is 1. The molecule has 1 fully saturated rings. The lowest BCUT2D eigenvalue weighted by molar-refractivity contribution is -0.121. The minimum absolute atomic E-state index is 0.0850. The van der Waals surface area contributed by atoms with E-state index in [1.807, 2.05) is 5.38 Å². The van der Waals surface area contributed by atoms with Crippen molar-refractivity contribution in [3.63, 3.8) is 0 Å². The number of hydrogen-bond acceptors (Lipinski definition) is 3. The molecule has 1 aromatic heterocycles. The van der Waals surface area contributed by atoms with Crippen molar-refractivity contribution in [2.45, 2.75) is 51.5 Å². The SMILES string of the molecule is CC1CC(C)CC(NC(=O)Cc2nc(CCl)cs2)C1. The molecule has 0 bridgehead atoms. The number of amides is 1. The molecule has 1 N–H and O–H groups in total. The quantitative estimate of drug-likeness (QED) is 0.866. The lowest BCUT2D eigenvalue weighted by Crippen LogP contribution is -2.40. The number of rotatable bonds is 4. The van der Waals surface area contributed by atoms with Gasteiger partial charge in [0.1, 0.15) is 5.01 Å². The van der Waals surface area contributed by atoms with Crippen LogP contribution in [0.25, 0.3) is 0 Å². The van der Waals surface area contributed by atoms with Crippen LogP contribution in [0.4, 0.5) is 0 Å². The molecular weight excluding hydrogens is 280 g/mol. The summed E-state index contributed by atoms with van der Waals surface area (Å²) < 4.78 is 0. The second-order valence-electron chi connectivity index (χ2n) is 5.72. The van der Waals surface area contributed by atoms with E-state index in [-0.39, 0.29) is 5.91 Å². The molecule has 2 atom stereocenters. The highest BCUT2D eigenvalue weighted by atomic mass is 35.5. The number of aromatic nitrogens is 1. The predicted molar refractivity (Wildman–Crippen MR) is 79.5 cm³/mol. The highest BCUT2D eigenvalue weighted by Crippen LogP contribution is 2.28. The van der Waals surface area contributed by atoms with Crippen LogP contribution in [0.3, 0.4) is 0 Å². The summed E-state index contributed by atoms with van der Waals surface area (Å²) in [5, 5.41) is 5.92. The van der Waals surface area contributed by atoms with Crippen molar-refractivity contribution in [2.24, 2.45) is 11.8 Å². The van der Waals surface area contributed by atoms with Gasteiger partial charge in [0, 0.05) is 11.4 Å². The Labute approximate surface area is 123 Å². The monoisotopic (exact) mass is 300 g/mol. The summed E-state index contributed by atoms with van der Waals surface area (Å²) in [7, 11) is 0. The van der Waals surface area contributed by atoms with Crippen LogP contribution in [-0.2, 0) is 17.1 Å². The van der Waals surface area contributed by atoms with E-state index in [1.54, 1.807) is 0 Å². The Morgan fingerprint density at radius 3 is 2.68 bits per heavy atom. The zero-order chi connectivity index (χ0) is 13.8. The Morgan fingerprint density at radius 1 is 1.42 bits per heavy atom. The fourth-order valence-corrected chi connectivity index (χ4v) is 3.99. The molecule has 1 heterocycles. The zero-order valence-corrected chi connectivity index (χ0v) is 13.1. The van der Waals surface area contributed by atoms with Crippen molar-refractivity contribution in [3.05, 3.63) is 16.1 Å². The van der Waals surface area contributed by atoms with Crippen LogP contribution >= 0.6 is 22.9 Å². The maximum atomic E-state index is 12.0. The van der Waals surface area contributed by atoms with Gasteiger partial charge in [-0.25, -0.2) is 4.98 Å². The van der Waals surface area contributed by atoms with Crippen molar-refractivity contribution in [1.29, 1.82) is 0 Å². The van der Waals surface area contributed by atoms with Gasteiger partial charge >= 0.3 is 0 Å². The minimum atomic E-state index is 0.0850. The minimum Gasteiger partial charge on any atom is -0.353 e. The van der Waals surface area contributed by atoms with Crippen molar-refractivity contribution in [1.82, 2.24) is 10.3 Å². The van der Waals surface area contributed by atoms with Crippen LogP contribution in [0.15, 0.2) is 5.38 Å². The molecule has 0 aromatic carbocycles. The van der Waals surface area contributed by atoms with Crippen LogP contribution in [0, 0.1) is 11.8 Å². The van der Waals surface area contributed by atoms with E-state index in [9.17, 15) is 4.79 Å². The fourth-order valence-electron chi connectivity index (χ4n) is 2.97. The van der Waals surface area contributed by atoms with Crippen molar-refractivity contribution < 1.29 is 4.79 Å². The Kier molecular flexibility index (Phi) is 5.22. The molecule has 1 aromatic rings. The summed E-state index contributed by atoms with van der Waals surface area (Å²) in [4.78, 5) is 16.3. The average Bonchev–Trinajstić information content (AvgIpc) is 2.74. The van der Waals surface area contributed by atoms with Gasteiger partial charge in [-0.05, 0) is 31.1 Å². The van der Waals surface area contributed by atoms with E-state index >= 15 is 0 Å². The maximum absolute atomic E-state index is 12.0. The smallest absolute Gasteiger partial charge is 0.227 e. The van der Waals surface area contributed by atoms with Crippen LogP contribution < -0.4 is 5.32 Å². The van der Waals surface area contributed by atoms with Gasteiger partial charge in [0.05, 0.1) is 18.0 Å². The Hall–Kier alpha value is -0.610. The molecule has 0 radical (unpaired) electrons. The third-order valence-electron chi connectivity index (χ3n) is 3.59. The number of carbonyl (C=O) groups excluding carboxylic acids is 1. The molecule has 0 spiro atoms. The number of carbonyl (C=O) groups is 1. The van der Waals surface area contributed by atoms with Gasteiger partial charge in [-0.15, -0.1) is 22.9 Å². The van der Waals surface area contributed by atoms with Gasteiger partial charge in [0.15, 0.2) is 0 Å². The number of nitrogens with one attached hydrogen (secondary N) is 1. The predicted octanol–water partition coefficient (Wildman–Crippen LogP) is 3.37. The third kappa shape index (κ3) is 4.46. The molecule has 5 heteroatoms. The summed E-state index contributed by atoms with van der Waals surface area (Å²) >= 11 is 7.22. The van der Waals surface area contributed by atoms with Gasteiger partial charge < -0.3 is 5.32 Å². The van der Waals surface area contributed by atoms with Gasteiger partial charge in [0.2, 0.25) is 5.91 Å². The van der Waals surface area contributed by atoms with Gasteiger partial charge in [-0.3, -0.25) is 4.79 Å². The molecule has 1 aliphatic carbocycles. The van der Waals surface area contributed by atoms with Gasteiger partial charge in [-0.1, -0.05) is 13.8 Å². The van der Waals surface area contributed by atoms with Crippen molar-refractivity contribution in [3.8, 4) is 0 Å². The summed E-state index contributed by atoms with van der Waals surface area (Å²) in [6.07, 6.45) is 3.85. The van der Waals surface area contributed by atoms with Crippen molar-refractivity contribution >= 4 is 28.8 Å². The summed E-state index contributed by atoms with van der Waals surface area (Å²) in [5.74, 6) is 1.91. The van der Waals surface area contributed by atoms with E-state index in [0.717, 1.165) is 23.5 Å². The van der Waals surface area contributed by atoms with Crippen LogP contribution in [0.5, 0.6) is 0 Å². The average molecular weight is 301 g/mol. The first-order valence-corrected chi connectivity index (χ1v) is 8.26. The first kappa shape index (κ1) is 14.8. The van der Waals surface area contributed by atoms with Gasteiger partial charge in [-0.2, -0.15) is 0 Å². The molecule has 2 unspecified atom stereocenters. The molecule has 1 amide bonds. The molecule has 1 saturated carbocycles. The topological polar surface area (TPSA) is 42.0 Å². The molecule has 3 nitrogen and oxygen atoms in total. The maximum Gasteiger partial charge on any atom is 0.227 e. The summed E-state index contributed by atoms with van der Waals surface area (Å²) in [5.41, 5.74) is 0.856. The Bertz CT molecular complexity index is 425. The first-order valence-electron chi connectivity index (χ1n) is 6.85. The largest absolute Gasteiger partial charge is 0.353 e. The van der Waals surface area contributed by atoms with E-state index in [4.69, 9.17) is 11.6 Å². The highest BCUT2D eigenvalue weighted by molar-refractivity contribution is 7.09. The van der Waals surface area contributed by atoms with E-state index < -0.39 is 0 Å². The molecule has 0 aliphatic heterocycles. The second-order valence-corrected chi connectivity index (χ2v) is 6.93. The first-order chi connectivity index (χ1) is 9.06. The van der Waals surface area contributed by atoms with Gasteiger partial charge in [0.25, 0.3) is 0 Å². The number of nitrogens with zero attached hydrogens (tertiary/aromatic N) is 1. The standard InChI is InChI=1S/C14H21ClN2OS/c1-9-3-10(2)5-11(4-9)16-13(18)6-14-17-12(7-15)8-19-14/h8-11H,3-7H2,1-2H3,(H,16,18). The van der Waals surface area contributed by atoms with E-state index in [2.05, 4.69) is 24.1 Å². The fraction of sp³-hybridized carbons (Fsp3) is 0.714. The van der Waals surface area contributed by atoms with Crippen LogP contribution in [0.1, 0.15) is 43.8 Å². The lowest BCUT2D eigenvalue weighted by Gasteiger charge is -2.31. The molecule has 0 saturated heterocycles. The Morgan fingerprint density at radius 2 is 2.11 bits per heavy atom. The van der Waals surface area contributed by atoms with E-state index in [0.29, 0.717) is 30.2 Å².